The Morgan fingerprint density at radius 1 is 1.18 bits per heavy atom. The van der Waals surface area contributed by atoms with Gasteiger partial charge in [-0.3, -0.25) is 5.43 Å². The Morgan fingerprint density at radius 2 is 2.00 bits per heavy atom. The number of para-hydroxylation sites is 1. The highest BCUT2D eigenvalue weighted by atomic mass is 35.5. The first-order valence-electron chi connectivity index (χ1n) is 6.69. The first-order chi connectivity index (χ1) is 10.7. The number of rotatable bonds is 6. The number of halogens is 2. The maximum atomic E-state index is 5.96. The molecule has 6 heteroatoms. The second-order valence-corrected chi connectivity index (χ2v) is 5.12. The number of nitrogens with one attached hydrogen (secondary N) is 1. The van der Waals surface area contributed by atoms with Crippen molar-refractivity contribution in [3.63, 3.8) is 0 Å². The van der Waals surface area contributed by atoms with Crippen LogP contribution in [0.1, 0.15) is 12.5 Å². The molecule has 0 heterocycles. The first-order valence-corrected chi connectivity index (χ1v) is 7.45. The molecule has 0 fully saturated rings. The van der Waals surface area contributed by atoms with E-state index < -0.39 is 0 Å². The van der Waals surface area contributed by atoms with Crippen LogP contribution in [0.3, 0.4) is 0 Å². The molecule has 0 aliphatic heterocycles. The third kappa shape index (κ3) is 4.06. The maximum absolute atomic E-state index is 5.96. The molecule has 0 atom stereocenters. The van der Waals surface area contributed by atoms with Crippen molar-refractivity contribution in [3.05, 3.63) is 52.0 Å². The summed E-state index contributed by atoms with van der Waals surface area (Å²) in [6.45, 7) is 2.46. The smallest absolute Gasteiger partial charge is 0.169 e. The number of hydrogen-bond donors (Lipinski definition) is 1. The maximum Gasteiger partial charge on any atom is 0.169 e. The SMILES string of the molecule is CCOc1c(C=NNc2ccc(Cl)c(Cl)c2)cccc1OC. The molecule has 0 aliphatic rings. The van der Waals surface area contributed by atoms with Gasteiger partial charge in [0.15, 0.2) is 11.5 Å². The van der Waals surface area contributed by atoms with Gasteiger partial charge in [0.05, 0.1) is 35.7 Å². The second-order valence-electron chi connectivity index (χ2n) is 4.31. The van der Waals surface area contributed by atoms with Crippen molar-refractivity contribution < 1.29 is 9.47 Å². The van der Waals surface area contributed by atoms with E-state index in [1.54, 1.807) is 31.5 Å². The molecule has 0 unspecified atom stereocenters. The molecule has 0 saturated heterocycles. The van der Waals surface area contributed by atoms with E-state index in [0.29, 0.717) is 28.2 Å². The van der Waals surface area contributed by atoms with Gasteiger partial charge in [-0.15, -0.1) is 0 Å². The highest BCUT2D eigenvalue weighted by Gasteiger charge is 2.08. The van der Waals surface area contributed by atoms with Crippen LogP contribution in [0.25, 0.3) is 0 Å². The Labute approximate surface area is 139 Å². The quantitative estimate of drug-likeness (QED) is 0.604. The van der Waals surface area contributed by atoms with Crippen LogP contribution in [0.5, 0.6) is 11.5 Å². The molecule has 0 aromatic heterocycles. The Balaban J connectivity index is 2.17. The van der Waals surface area contributed by atoms with E-state index in [9.17, 15) is 0 Å². The Hall–Kier alpha value is -1.91. The van der Waals surface area contributed by atoms with Crippen LogP contribution in [0.4, 0.5) is 5.69 Å². The lowest BCUT2D eigenvalue weighted by Crippen LogP contribution is -2.00. The standard InChI is InChI=1S/C16H16Cl2N2O2/c1-3-22-16-11(5-4-6-15(16)21-2)10-19-20-12-7-8-13(17)14(18)9-12/h4-10,20H,3H2,1-2H3. The van der Waals surface area contributed by atoms with Gasteiger partial charge in [0.2, 0.25) is 0 Å². The molecule has 4 nitrogen and oxygen atoms in total. The number of nitrogens with zero attached hydrogens (tertiary/aromatic N) is 1. The van der Waals surface area contributed by atoms with Gasteiger partial charge in [0.1, 0.15) is 0 Å². The van der Waals surface area contributed by atoms with Crippen molar-refractivity contribution in [2.24, 2.45) is 5.10 Å². The van der Waals surface area contributed by atoms with E-state index in [0.717, 1.165) is 11.3 Å². The van der Waals surface area contributed by atoms with Crippen LogP contribution >= 0.6 is 23.2 Å². The molecular formula is C16H16Cl2N2O2. The average Bonchev–Trinajstić information content (AvgIpc) is 2.52. The minimum Gasteiger partial charge on any atom is -0.493 e. The van der Waals surface area contributed by atoms with Gasteiger partial charge in [-0.1, -0.05) is 29.3 Å². The molecule has 116 valence electrons. The minimum atomic E-state index is 0.471. The summed E-state index contributed by atoms with van der Waals surface area (Å²) in [5.41, 5.74) is 4.45. The van der Waals surface area contributed by atoms with Crippen LogP contribution in [0.15, 0.2) is 41.5 Å². The van der Waals surface area contributed by atoms with Crippen LogP contribution < -0.4 is 14.9 Å². The summed E-state index contributed by atoms with van der Waals surface area (Å²) in [4.78, 5) is 0. The zero-order valence-electron chi connectivity index (χ0n) is 12.3. The lowest BCUT2D eigenvalue weighted by molar-refractivity contribution is 0.310. The fourth-order valence-corrected chi connectivity index (χ4v) is 2.13. The molecule has 1 N–H and O–H groups in total. The molecule has 0 amide bonds. The lowest BCUT2D eigenvalue weighted by atomic mass is 10.2. The molecule has 2 rings (SSSR count). The largest absolute Gasteiger partial charge is 0.493 e. The van der Waals surface area contributed by atoms with Crippen molar-refractivity contribution >= 4 is 35.1 Å². The van der Waals surface area contributed by atoms with Gasteiger partial charge in [0.25, 0.3) is 0 Å². The number of ether oxygens (including phenoxy) is 2. The highest BCUT2D eigenvalue weighted by molar-refractivity contribution is 6.42. The number of anilines is 1. The molecule has 2 aromatic carbocycles. The van der Waals surface area contributed by atoms with Gasteiger partial charge in [0, 0.05) is 5.56 Å². The normalized spacial score (nSPS) is 10.7. The van der Waals surface area contributed by atoms with E-state index in [-0.39, 0.29) is 0 Å². The summed E-state index contributed by atoms with van der Waals surface area (Å²) in [7, 11) is 1.60. The molecule has 0 aliphatic carbocycles. The van der Waals surface area contributed by atoms with Gasteiger partial charge in [-0.05, 0) is 37.3 Å². The van der Waals surface area contributed by atoms with E-state index in [1.807, 2.05) is 25.1 Å². The van der Waals surface area contributed by atoms with Crippen molar-refractivity contribution in [2.45, 2.75) is 6.92 Å². The molecule has 0 spiro atoms. The number of benzene rings is 2. The van der Waals surface area contributed by atoms with Crippen molar-refractivity contribution in [2.75, 3.05) is 19.1 Å². The van der Waals surface area contributed by atoms with Crippen LogP contribution in [0.2, 0.25) is 10.0 Å². The van der Waals surface area contributed by atoms with E-state index in [1.165, 1.54) is 0 Å². The fraction of sp³-hybridized carbons (Fsp3) is 0.188. The van der Waals surface area contributed by atoms with Crippen LogP contribution in [-0.2, 0) is 0 Å². The molecule has 0 saturated carbocycles. The molecule has 0 radical (unpaired) electrons. The summed E-state index contributed by atoms with van der Waals surface area (Å²) < 4.78 is 10.9. The van der Waals surface area contributed by atoms with E-state index in [2.05, 4.69) is 10.5 Å². The summed E-state index contributed by atoms with van der Waals surface area (Å²) in [6, 6.07) is 10.8. The van der Waals surface area contributed by atoms with Gasteiger partial charge < -0.3 is 9.47 Å². The van der Waals surface area contributed by atoms with Crippen molar-refractivity contribution in [3.8, 4) is 11.5 Å². The van der Waals surface area contributed by atoms with Gasteiger partial charge >= 0.3 is 0 Å². The number of hydrogen-bond acceptors (Lipinski definition) is 4. The van der Waals surface area contributed by atoms with E-state index in [4.69, 9.17) is 32.7 Å². The minimum absolute atomic E-state index is 0.471. The predicted molar refractivity (Wildman–Crippen MR) is 91.8 cm³/mol. The van der Waals surface area contributed by atoms with Gasteiger partial charge in [-0.25, -0.2) is 0 Å². The van der Waals surface area contributed by atoms with Crippen LogP contribution in [0, 0.1) is 0 Å². The Kier molecular flexibility index (Phi) is 5.92. The van der Waals surface area contributed by atoms with Gasteiger partial charge in [-0.2, -0.15) is 5.10 Å². The zero-order valence-corrected chi connectivity index (χ0v) is 13.8. The number of hydrazone groups is 1. The monoisotopic (exact) mass is 338 g/mol. The Bertz CT molecular complexity index is 675. The third-order valence-electron chi connectivity index (χ3n) is 2.83. The third-order valence-corrected chi connectivity index (χ3v) is 3.57. The second kappa shape index (κ2) is 7.92. The number of methoxy groups -OCH3 is 1. The Morgan fingerprint density at radius 3 is 2.68 bits per heavy atom. The zero-order chi connectivity index (χ0) is 15.9. The van der Waals surface area contributed by atoms with Crippen LogP contribution in [-0.4, -0.2) is 19.9 Å². The molecule has 22 heavy (non-hydrogen) atoms. The average molecular weight is 339 g/mol. The molecule has 0 bridgehead atoms. The summed E-state index contributed by atoms with van der Waals surface area (Å²) in [6.07, 6.45) is 1.66. The topological polar surface area (TPSA) is 42.8 Å². The van der Waals surface area contributed by atoms with Crippen molar-refractivity contribution in [1.82, 2.24) is 0 Å². The van der Waals surface area contributed by atoms with Crippen molar-refractivity contribution in [1.29, 1.82) is 0 Å². The predicted octanol–water partition coefficient (Wildman–Crippen LogP) is 4.85. The summed E-state index contributed by atoms with van der Waals surface area (Å²) >= 11 is 11.8. The molecular weight excluding hydrogens is 323 g/mol. The fourth-order valence-electron chi connectivity index (χ4n) is 1.84. The lowest BCUT2D eigenvalue weighted by Gasteiger charge is -2.11. The summed E-state index contributed by atoms with van der Waals surface area (Å²) in [5, 5.41) is 5.16. The summed E-state index contributed by atoms with van der Waals surface area (Å²) in [5.74, 6) is 1.33. The first kappa shape index (κ1) is 16.5. The van der Waals surface area contributed by atoms with E-state index >= 15 is 0 Å². The molecule has 2 aromatic rings. The highest BCUT2D eigenvalue weighted by Crippen LogP contribution is 2.30.